The number of nitrogens with zero attached hydrogens (tertiary/aromatic N) is 4. The van der Waals surface area contributed by atoms with Gasteiger partial charge >= 0.3 is 5.97 Å². The van der Waals surface area contributed by atoms with Crippen molar-refractivity contribution in [2.75, 3.05) is 4.90 Å². The van der Waals surface area contributed by atoms with E-state index in [0.717, 1.165) is 16.8 Å². The summed E-state index contributed by atoms with van der Waals surface area (Å²) in [7, 11) is 0. The van der Waals surface area contributed by atoms with Crippen molar-refractivity contribution in [3.05, 3.63) is 40.5 Å². The highest BCUT2D eigenvalue weighted by Gasteiger charge is 2.46. The molecule has 1 aliphatic rings. The lowest BCUT2D eigenvalue weighted by Crippen LogP contribution is -2.47. The van der Waals surface area contributed by atoms with Gasteiger partial charge in [-0.15, -0.1) is 0 Å². The van der Waals surface area contributed by atoms with E-state index in [4.69, 9.17) is 10.5 Å². The number of rotatable bonds is 4. The van der Waals surface area contributed by atoms with Crippen molar-refractivity contribution in [3.63, 3.8) is 0 Å². The maximum atomic E-state index is 11.6. The van der Waals surface area contributed by atoms with Gasteiger partial charge in [-0.1, -0.05) is 26.0 Å². The summed E-state index contributed by atoms with van der Waals surface area (Å²) in [4.78, 5) is 13.4. The molecular weight excluding hydrogens is 328 g/mol. The lowest BCUT2D eigenvalue weighted by atomic mass is 9.78. The van der Waals surface area contributed by atoms with Gasteiger partial charge in [-0.2, -0.15) is 15.8 Å². The second kappa shape index (κ2) is 6.90. The van der Waals surface area contributed by atoms with Gasteiger partial charge in [-0.05, 0) is 31.0 Å². The lowest BCUT2D eigenvalue weighted by molar-refractivity contribution is -0.138. The number of benzene rings is 1. The van der Waals surface area contributed by atoms with Crippen molar-refractivity contribution in [1.29, 1.82) is 15.8 Å². The minimum absolute atomic E-state index is 0.0642. The van der Waals surface area contributed by atoms with E-state index < -0.39 is 12.0 Å². The third-order valence-corrected chi connectivity index (χ3v) is 5.32. The molecule has 0 aromatic heterocycles. The van der Waals surface area contributed by atoms with Crippen molar-refractivity contribution >= 4 is 11.7 Å². The number of allylic oxidation sites excluding steroid dienone is 2. The highest BCUT2D eigenvalue weighted by molar-refractivity contribution is 5.81. The number of hydrogen-bond donors (Lipinski definition) is 1. The molecule has 0 fully saturated rings. The number of anilines is 1. The minimum Gasteiger partial charge on any atom is -0.480 e. The number of fused-ring (bicyclic) bond motifs is 1. The zero-order valence-corrected chi connectivity index (χ0v) is 15.2. The second-order valence-corrected chi connectivity index (χ2v) is 7.00. The van der Waals surface area contributed by atoms with E-state index in [9.17, 15) is 15.2 Å². The second-order valence-electron chi connectivity index (χ2n) is 7.00. The van der Waals surface area contributed by atoms with Crippen molar-refractivity contribution in [2.24, 2.45) is 0 Å². The predicted octanol–water partition coefficient (Wildman–Crippen LogP) is 3.06. The van der Waals surface area contributed by atoms with Crippen LogP contribution in [0.1, 0.15) is 38.8 Å². The molecule has 6 nitrogen and oxygen atoms in total. The smallest absolute Gasteiger partial charge is 0.326 e. The van der Waals surface area contributed by atoms with Crippen LogP contribution in [0, 0.1) is 34.0 Å². The first-order valence-corrected chi connectivity index (χ1v) is 8.27. The molecule has 0 amide bonds. The fraction of sp³-hybridized carbons (Fsp3) is 0.400. The number of nitriles is 3. The highest BCUT2D eigenvalue weighted by Crippen LogP contribution is 2.48. The number of hydrogen-bond acceptors (Lipinski definition) is 5. The largest absolute Gasteiger partial charge is 0.480 e. The van der Waals surface area contributed by atoms with E-state index >= 15 is 0 Å². The lowest BCUT2D eigenvalue weighted by Gasteiger charge is -2.34. The van der Waals surface area contributed by atoms with E-state index in [2.05, 4.69) is 0 Å². The minimum atomic E-state index is -0.903. The van der Waals surface area contributed by atoms with Crippen LogP contribution in [-0.2, 0) is 16.6 Å². The maximum Gasteiger partial charge on any atom is 0.326 e. The van der Waals surface area contributed by atoms with Gasteiger partial charge in [0.1, 0.15) is 23.8 Å². The van der Waals surface area contributed by atoms with E-state index in [0.29, 0.717) is 0 Å². The van der Waals surface area contributed by atoms with Crippen LogP contribution in [0.15, 0.2) is 29.3 Å². The fourth-order valence-electron chi connectivity index (χ4n) is 3.66. The fourth-order valence-corrected chi connectivity index (χ4v) is 3.66. The average Bonchev–Trinajstić information content (AvgIpc) is 2.81. The van der Waals surface area contributed by atoms with Gasteiger partial charge in [0.2, 0.25) is 0 Å². The summed E-state index contributed by atoms with van der Waals surface area (Å²) in [6, 6.07) is 10.3. The Morgan fingerprint density at radius 2 is 1.88 bits per heavy atom. The van der Waals surface area contributed by atoms with E-state index in [1.807, 2.05) is 49.9 Å². The summed E-state index contributed by atoms with van der Waals surface area (Å²) < 4.78 is 0. The maximum absolute atomic E-state index is 11.6. The molecule has 1 aliphatic heterocycles. The number of aliphatic carboxylic acids is 1. The van der Waals surface area contributed by atoms with Crippen LogP contribution in [0.25, 0.3) is 0 Å². The van der Waals surface area contributed by atoms with Gasteiger partial charge in [0, 0.05) is 23.6 Å². The molecule has 2 atom stereocenters. The molecule has 0 spiro atoms. The standard InChI is InChI=1S/C20H20N4O2/c1-12(19(25)26)24-13(2)20(3,4)18-14(6-5-7-17(18)24)8-15(9-21)16(10-22)11-23/h5-7,12-13H,8H2,1-4H3,(H,25,26). The molecule has 0 aliphatic carbocycles. The monoisotopic (exact) mass is 348 g/mol. The molecule has 6 heteroatoms. The summed E-state index contributed by atoms with van der Waals surface area (Å²) in [6.45, 7) is 7.72. The van der Waals surface area contributed by atoms with Gasteiger partial charge < -0.3 is 10.0 Å². The topological polar surface area (TPSA) is 112 Å². The molecule has 132 valence electrons. The molecule has 0 saturated heterocycles. The molecule has 0 radical (unpaired) electrons. The first-order chi connectivity index (χ1) is 12.2. The molecular formula is C20H20N4O2. The summed E-state index contributed by atoms with van der Waals surface area (Å²) in [5, 5.41) is 37.0. The van der Waals surface area contributed by atoms with Gasteiger partial charge in [-0.25, -0.2) is 4.79 Å². The summed E-state index contributed by atoms with van der Waals surface area (Å²) in [5.41, 5.74) is 2.20. The zero-order chi connectivity index (χ0) is 19.6. The highest BCUT2D eigenvalue weighted by atomic mass is 16.4. The quantitative estimate of drug-likeness (QED) is 0.837. The Labute approximate surface area is 153 Å². The first kappa shape index (κ1) is 19.0. The Kier molecular flexibility index (Phi) is 5.05. The van der Waals surface area contributed by atoms with Gasteiger partial charge in [0.15, 0.2) is 0 Å². The summed E-state index contributed by atoms with van der Waals surface area (Å²) in [5.74, 6) is -0.903. The number of carbonyl (C=O) groups is 1. The molecule has 1 N–H and O–H groups in total. The molecule has 1 aromatic carbocycles. The molecule has 1 aromatic rings. The van der Waals surface area contributed by atoms with Crippen LogP contribution in [0.2, 0.25) is 0 Å². The summed E-state index contributed by atoms with van der Waals surface area (Å²) in [6.07, 6.45) is 0.168. The van der Waals surface area contributed by atoms with Crippen LogP contribution in [0.3, 0.4) is 0 Å². The molecule has 26 heavy (non-hydrogen) atoms. The van der Waals surface area contributed by atoms with E-state index in [1.165, 1.54) is 0 Å². The van der Waals surface area contributed by atoms with Crippen molar-refractivity contribution in [1.82, 2.24) is 0 Å². The van der Waals surface area contributed by atoms with Crippen LogP contribution >= 0.6 is 0 Å². The third-order valence-electron chi connectivity index (χ3n) is 5.32. The van der Waals surface area contributed by atoms with Crippen molar-refractivity contribution < 1.29 is 9.90 Å². The van der Waals surface area contributed by atoms with E-state index in [1.54, 1.807) is 19.1 Å². The average molecular weight is 348 g/mol. The third kappa shape index (κ3) is 2.89. The molecule has 0 bridgehead atoms. The van der Waals surface area contributed by atoms with Crippen LogP contribution < -0.4 is 4.90 Å². The normalized spacial score (nSPS) is 18.0. The van der Waals surface area contributed by atoms with Gasteiger partial charge in [0.05, 0.1) is 11.6 Å². The Morgan fingerprint density at radius 1 is 1.27 bits per heavy atom. The Balaban J connectivity index is 2.65. The van der Waals surface area contributed by atoms with Gasteiger partial charge in [0.25, 0.3) is 0 Å². The number of carboxylic acid groups (broad SMARTS) is 1. The first-order valence-electron chi connectivity index (χ1n) is 8.27. The molecule has 0 saturated carbocycles. The number of carboxylic acids is 1. The Hall–Kier alpha value is -3.30. The molecule has 1 heterocycles. The SMILES string of the molecule is CC(C(=O)O)N1c2cccc(CC(C#N)=C(C#N)C#N)c2C(C)(C)C1C. The Morgan fingerprint density at radius 3 is 2.38 bits per heavy atom. The summed E-state index contributed by atoms with van der Waals surface area (Å²) >= 11 is 0. The van der Waals surface area contributed by atoms with Crippen LogP contribution in [0.4, 0.5) is 5.69 Å². The van der Waals surface area contributed by atoms with Gasteiger partial charge in [-0.3, -0.25) is 0 Å². The van der Waals surface area contributed by atoms with E-state index in [-0.39, 0.29) is 29.0 Å². The zero-order valence-electron chi connectivity index (χ0n) is 15.2. The van der Waals surface area contributed by atoms with Crippen molar-refractivity contribution in [2.45, 2.75) is 51.6 Å². The molecule has 2 rings (SSSR count). The van der Waals surface area contributed by atoms with Crippen LogP contribution in [-0.4, -0.2) is 23.2 Å². The predicted molar refractivity (Wildman–Crippen MR) is 96.1 cm³/mol. The van der Waals surface area contributed by atoms with Crippen LogP contribution in [0.5, 0.6) is 0 Å². The molecule has 2 unspecified atom stereocenters. The van der Waals surface area contributed by atoms with Crippen molar-refractivity contribution in [3.8, 4) is 18.2 Å². The Bertz CT molecular complexity index is 893.